The highest BCUT2D eigenvalue weighted by Crippen LogP contribution is 2.21. The highest BCUT2D eigenvalue weighted by molar-refractivity contribution is 7.89. The number of methoxy groups -OCH3 is 1. The van der Waals surface area contributed by atoms with Crippen LogP contribution in [0.4, 0.5) is 5.69 Å². The Hall–Kier alpha value is -1.11. The van der Waals surface area contributed by atoms with Gasteiger partial charge in [-0.2, -0.15) is 0 Å². The lowest BCUT2D eigenvalue weighted by atomic mass is 10.1. The van der Waals surface area contributed by atoms with E-state index in [1.54, 1.807) is 26.2 Å². The van der Waals surface area contributed by atoms with Gasteiger partial charge in [0.15, 0.2) is 0 Å². The lowest BCUT2D eigenvalue weighted by Gasteiger charge is -2.21. The van der Waals surface area contributed by atoms with E-state index in [1.807, 2.05) is 19.9 Å². The number of ether oxygens (including phenoxy) is 1. The molecule has 2 atom stereocenters. The van der Waals surface area contributed by atoms with Crippen molar-refractivity contribution in [3.63, 3.8) is 0 Å². The summed E-state index contributed by atoms with van der Waals surface area (Å²) in [5, 5.41) is 3.24. The molecule has 0 saturated heterocycles. The third kappa shape index (κ3) is 3.92. The molecule has 0 heterocycles. The van der Waals surface area contributed by atoms with Crippen LogP contribution in [-0.4, -0.2) is 34.7 Å². The minimum Gasteiger partial charge on any atom is -0.380 e. The van der Waals surface area contributed by atoms with Crippen LogP contribution < -0.4 is 10.0 Å². The first-order chi connectivity index (χ1) is 8.81. The molecule has 5 nitrogen and oxygen atoms in total. The highest BCUT2D eigenvalue weighted by Gasteiger charge is 2.16. The quantitative estimate of drug-likeness (QED) is 0.836. The van der Waals surface area contributed by atoms with Crippen molar-refractivity contribution in [2.45, 2.75) is 37.8 Å². The fourth-order valence-electron chi connectivity index (χ4n) is 1.67. The molecule has 0 bridgehead atoms. The van der Waals surface area contributed by atoms with Crippen molar-refractivity contribution >= 4 is 15.7 Å². The third-order valence-electron chi connectivity index (χ3n) is 3.22. The number of nitrogens with one attached hydrogen (secondary N) is 2. The van der Waals surface area contributed by atoms with Gasteiger partial charge in [0.05, 0.1) is 11.0 Å². The smallest absolute Gasteiger partial charge is 0.240 e. The molecule has 0 aromatic heterocycles. The molecule has 6 heteroatoms. The van der Waals surface area contributed by atoms with E-state index < -0.39 is 10.0 Å². The van der Waals surface area contributed by atoms with Crippen LogP contribution in [-0.2, 0) is 14.8 Å². The summed E-state index contributed by atoms with van der Waals surface area (Å²) in [6, 6.07) is 5.37. The molecule has 2 unspecified atom stereocenters. The van der Waals surface area contributed by atoms with Gasteiger partial charge in [-0.05, 0) is 45.5 Å². The van der Waals surface area contributed by atoms with Gasteiger partial charge >= 0.3 is 0 Å². The Morgan fingerprint density at radius 3 is 2.42 bits per heavy atom. The maximum atomic E-state index is 11.9. The van der Waals surface area contributed by atoms with Crippen molar-refractivity contribution in [3.8, 4) is 0 Å². The molecule has 0 aliphatic rings. The zero-order valence-corrected chi connectivity index (χ0v) is 12.8. The lowest BCUT2D eigenvalue weighted by Crippen LogP contribution is -2.29. The van der Waals surface area contributed by atoms with Crippen molar-refractivity contribution in [1.82, 2.24) is 4.72 Å². The maximum absolute atomic E-state index is 11.9. The average Bonchev–Trinajstić information content (AvgIpc) is 2.39. The monoisotopic (exact) mass is 286 g/mol. The minimum absolute atomic E-state index is 0.0330. The fraction of sp³-hybridized carbons (Fsp3) is 0.538. The highest BCUT2D eigenvalue weighted by atomic mass is 32.2. The molecule has 2 N–H and O–H groups in total. The molecule has 1 aromatic carbocycles. The number of sulfonamides is 1. The van der Waals surface area contributed by atoms with E-state index in [0.29, 0.717) is 5.56 Å². The summed E-state index contributed by atoms with van der Waals surface area (Å²) in [5.41, 5.74) is 1.48. The van der Waals surface area contributed by atoms with Gasteiger partial charge in [0.2, 0.25) is 10.0 Å². The van der Waals surface area contributed by atoms with Crippen LogP contribution in [0.2, 0.25) is 0 Å². The van der Waals surface area contributed by atoms with Crippen molar-refractivity contribution in [3.05, 3.63) is 23.8 Å². The molecule has 0 aliphatic heterocycles. The topological polar surface area (TPSA) is 67.4 Å². The maximum Gasteiger partial charge on any atom is 0.240 e. The van der Waals surface area contributed by atoms with E-state index >= 15 is 0 Å². The molecule has 0 spiro atoms. The molecule has 1 aromatic rings. The number of hydrogen-bond donors (Lipinski definition) is 2. The standard InChI is InChI=1S/C13H22N2O3S/c1-9-6-7-12(15-10(2)11(3)18-5)8-13(9)19(16,17)14-4/h6-8,10-11,14-15H,1-5H3. The second-order valence-electron chi connectivity index (χ2n) is 4.56. The molecule has 108 valence electrons. The zero-order chi connectivity index (χ0) is 14.6. The summed E-state index contributed by atoms with van der Waals surface area (Å²) in [6.07, 6.45) is 0.0330. The van der Waals surface area contributed by atoms with E-state index in [0.717, 1.165) is 5.69 Å². The molecule has 0 aliphatic carbocycles. The van der Waals surface area contributed by atoms with Gasteiger partial charge in [0, 0.05) is 18.8 Å². The summed E-state index contributed by atoms with van der Waals surface area (Å²) >= 11 is 0. The first-order valence-electron chi connectivity index (χ1n) is 6.15. The molecule has 0 saturated carbocycles. The van der Waals surface area contributed by atoms with Gasteiger partial charge in [-0.25, -0.2) is 13.1 Å². The number of aryl methyl sites for hydroxylation is 1. The second kappa shape index (κ2) is 6.36. The van der Waals surface area contributed by atoms with Crippen molar-refractivity contribution in [1.29, 1.82) is 0 Å². The second-order valence-corrected chi connectivity index (χ2v) is 6.42. The largest absolute Gasteiger partial charge is 0.380 e. The van der Waals surface area contributed by atoms with Gasteiger partial charge in [-0.1, -0.05) is 6.07 Å². The summed E-state index contributed by atoms with van der Waals surface area (Å²) in [5.74, 6) is 0. The van der Waals surface area contributed by atoms with E-state index in [1.165, 1.54) is 7.05 Å². The van der Waals surface area contributed by atoms with Gasteiger partial charge in [-0.15, -0.1) is 0 Å². The predicted molar refractivity (Wildman–Crippen MR) is 77.0 cm³/mol. The van der Waals surface area contributed by atoms with Crippen molar-refractivity contribution < 1.29 is 13.2 Å². The van der Waals surface area contributed by atoms with E-state index in [4.69, 9.17) is 4.74 Å². The van der Waals surface area contributed by atoms with Crippen LogP contribution in [0.15, 0.2) is 23.1 Å². The number of anilines is 1. The van der Waals surface area contributed by atoms with E-state index in [2.05, 4.69) is 10.0 Å². The van der Waals surface area contributed by atoms with E-state index in [9.17, 15) is 8.42 Å². The Balaban J connectivity index is 3.04. The minimum atomic E-state index is -3.43. The molecule has 0 radical (unpaired) electrons. The SMILES string of the molecule is CNS(=O)(=O)c1cc(NC(C)C(C)OC)ccc1C. The third-order valence-corrected chi connectivity index (χ3v) is 4.77. The van der Waals surface area contributed by atoms with Gasteiger partial charge < -0.3 is 10.1 Å². The number of hydrogen-bond acceptors (Lipinski definition) is 4. The van der Waals surface area contributed by atoms with Crippen LogP contribution in [0.3, 0.4) is 0 Å². The van der Waals surface area contributed by atoms with E-state index in [-0.39, 0.29) is 17.0 Å². The lowest BCUT2D eigenvalue weighted by molar-refractivity contribution is 0.106. The summed E-state index contributed by atoms with van der Waals surface area (Å²) < 4.78 is 31.3. The van der Waals surface area contributed by atoms with Crippen LogP contribution in [0.25, 0.3) is 0 Å². The molecular formula is C13H22N2O3S. The zero-order valence-electron chi connectivity index (χ0n) is 12.0. The molecule has 0 fully saturated rings. The first kappa shape index (κ1) is 15.9. The van der Waals surface area contributed by atoms with Crippen LogP contribution >= 0.6 is 0 Å². The van der Waals surface area contributed by atoms with Crippen LogP contribution in [0, 0.1) is 6.92 Å². The summed E-state index contributed by atoms with van der Waals surface area (Å²) in [6.45, 7) is 5.71. The number of rotatable bonds is 6. The van der Waals surface area contributed by atoms with Crippen LogP contribution in [0.5, 0.6) is 0 Å². The van der Waals surface area contributed by atoms with Gasteiger partial charge in [0.25, 0.3) is 0 Å². The van der Waals surface area contributed by atoms with Gasteiger partial charge in [-0.3, -0.25) is 0 Å². The summed E-state index contributed by atoms with van der Waals surface area (Å²) in [7, 11) is -0.379. The van der Waals surface area contributed by atoms with Crippen molar-refractivity contribution in [2.24, 2.45) is 0 Å². The molecule has 0 amide bonds. The van der Waals surface area contributed by atoms with Crippen LogP contribution in [0.1, 0.15) is 19.4 Å². The van der Waals surface area contributed by atoms with Crippen molar-refractivity contribution in [2.75, 3.05) is 19.5 Å². The Morgan fingerprint density at radius 1 is 1.26 bits per heavy atom. The molecule has 19 heavy (non-hydrogen) atoms. The fourth-order valence-corrected chi connectivity index (χ4v) is 2.67. The Kier molecular flexibility index (Phi) is 5.34. The molecular weight excluding hydrogens is 264 g/mol. The number of benzene rings is 1. The molecule has 1 rings (SSSR count). The Labute approximate surface area is 115 Å². The Bertz CT molecular complexity index is 529. The van der Waals surface area contributed by atoms with Gasteiger partial charge in [0.1, 0.15) is 0 Å². The average molecular weight is 286 g/mol. The normalized spacial score (nSPS) is 15.0. The first-order valence-corrected chi connectivity index (χ1v) is 7.63. The Morgan fingerprint density at radius 2 is 1.89 bits per heavy atom. The summed E-state index contributed by atoms with van der Waals surface area (Å²) in [4.78, 5) is 0.289. The predicted octanol–water partition coefficient (Wildman–Crippen LogP) is 1.74.